The number of nitrogens with zero attached hydrogens (tertiary/aromatic N) is 2. The maximum atomic E-state index is 13.8. The lowest BCUT2D eigenvalue weighted by Gasteiger charge is -2.42. The van der Waals surface area contributed by atoms with Gasteiger partial charge in [-0.3, -0.25) is 24.1 Å². The summed E-state index contributed by atoms with van der Waals surface area (Å²) in [5.41, 5.74) is -0.426. The number of ketones is 1. The topological polar surface area (TPSA) is 116 Å². The van der Waals surface area contributed by atoms with Crippen molar-refractivity contribution in [3.63, 3.8) is 0 Å². The van der Waals surface area contributed by atoms with Crippen molar-refractivity contribution in [2.24, 2.45) is 0 Å². The Morgan fingerprint density at radius 1 is 1.05 bits per heavy atom. The molecule has 1 heterocycles. The third-order valence-corrected chi connectivity index (χ3v) is 6.38. The smallest absolute Gasteiger partial charge is 0.305 e. The number of carbonyl (C=O) groups is 4. The van der Waals surface area contributed by atoms with Crippen LogP contribution < -0.4 is 10.1 Å². The third-order valence-electron chi connectivity index (χ3n) is 6.38. The van der Waals surface area contributed by atoms with Gasteiger partial charge in [-0.2, -0.15) is 8.78 Å². The Labute approximate surface area is 221 Å². The fourth-order valence-electron chi connectivity index (χ4n) is 3.98. The van der Waals surface area contributed by atoms with E-state index in [4.69, 9.17) is 0 Å². The summed E-state index contributed by atoms with van der Waals surface area (Å²) in [5, 5.41) is 11.5. The van der Waals surface area contributed by atoms with Crippen molar-refractivity contribution in [3.05, 3.63) is 65.2 Å². The number of hydrogen-bond donors (Lipinski definition) is 2. The predicted molar refractivity (Wildman–Crippen MR) is 128 cm³/mol. The molecule has 3 rings (SSSR count). The van der Waals surface area contributed by atoms with Crippen molar-refractivity contribution in [3.8, 4) is 5.75 Å². The summed E-state index contributed by atoms with van der Waals surface area (Å²) in [4.78, 5) is 53.1. The van der Waals surface area contributed by atoms with Gasteiger partial charge in [0.2, 0.25) is 23.4 Å². The van der Waals surface area contributed by atoms with Crippen molar-refractivity contribution >= 4 is 23.6 Å². The first-order chi connectivity index (χ1) is 18.3. The fraction of sp³-hybridized carbons (Fsp3) is 0.385. The van der Waals surface area contributed by atoms with Crippen molar-refractivity contribution in [2.45, 2.75) is 38.4 Å². The van der Waals surface area contributed by atoms with Crippen molar-refractivity contribution in [1.82, 2.24) is 15.1 Å². The first-order valence-electron chi connectivity index (χ1n) is 11.9. The Morgan fingerprint density at radius 2 is 1.67 bits per heavy atom. The highest BCUT2D eigenvalue weighted by Gasteiger charge is 2.40. The summed E-state index contributed by atoms with van der Waals surface area (Å²) >= 11 is 0. The number of Topliss-reactive ketones (excluding diaryl/α,β-unsaturated/α-hetero) is 1. The SMILES string of the molecule is CC(C)(C(=O)NC(CC(=O)O)C(=O)COc1c(F)c(F)cc(F)c1F)N1CCN(Cc2ccccc2)C(=O)C1. The van der Waals surface area contributed by atoms with Crippen LogP contribution in [0.2, 0.25) is 0 Å². The number of carbonyl (C=O) groups excluding carboxylic acids is 3. The molecule has 0 aliphatic carbocycles. The van der Waals surface area contributed by atoms with Crippen molar-refractivity contribution in [1.29, 1.82) is 0 Å². The van der Waals surface area contributed by atoms with Gasteiger partial charge in [0, 0.05) is 25.7 Å². The number of benzene rings is 2. The Kier molecular flexibility index (Phi) is 9.28. The zero-order valence-corrected chi connectivity index (χ0v) is 21.2. The van der Waals surface area contributed by atoms with Gasteiger partial charge in [-0.1, -0.05) is 30.3 Å². The number of carboxylic acid groups (broad SMARTS) is 1. The van der Waals surface area contributed by atoms with E-state index < -0.39 is 71.3 Å². The van der Waals surface area contributed by atoms with Crippen LogP contribution in [0.1, 0.15) is 25.8 Å². The second-order valence-electron chi connectivity index (χ2n) is 9.46. The zero-order valence-electron chi connectivity index (χ0n) is 21.2. The number of halogens is 4. The van der Waals surface area contributed by atoms with Gasteiger partial charge in [0.25, 0.3) is 0 Å². The molecule has 1 aliphatic rings. The molecule has 39 heavy (non-hydrogen) atoms. The molecule has 2 amide bonds. The van der Waals surface area contributed by atoms with Crippen LogP contribution in [0.3, 0.4) is 0 Å². The van der Waals surface area contributed by atoms with Gasteiger partial charge in [0.1, 0.15) is 12.6 Å². The minimum absolute atomic E-state index is 0.0406. The van der Waals surface area contributed by atoms with Crippen LogP contribution in [0.4, 0.5) is 17.6 Å². The largest absolute Gasteiger partial charge is 0.481 e. The molecule has 2 aromatic rings. The molecule has 0 saturated carbocycles. The number of nitrogens with one attached hydrogen (secondary N) is 1. The lowest BCUT2D eigenvalue weighted by molar-refractivity contribution is -0.145. The van der Waals surface area contributed by atoms with Gasteiger partial charge in [-0.25, -0.2) is 8.78 Å². The fourth-order valence-corrected chi connectivity index (χ4v) is 3.98. The average Bonchev–Trinajstić information content (AvgIpc) is 2.88. The zero-order chi connectivity index (χ0) is 28.9. The molecular formula is C26H27F4N3O6. The van der Waals surface area contributed by atoms with Crippen LogP contribution in [0.5, 0.6) is 5.75 Å². The molecular weight excluding hydrogens is 526 g/mol. The number of amides is 2. The molecule has 2 N–H and O–H groups in total. The molecule has 1 aliphatic heterocycles. The molecule has 1 fully saturated rings. The molecule has 1 atom stereocenters. The number of rotatable bonds is 11. The second kappa shape index (κ2) is 12.2. The molecule has 0 aromatic heterocycles. The molecule has 1 saturated heterocycles. The van der Waals surface area contributed by atoms with Gasteiger partial charge in [0.15, 0.2) is 23.2 Å². The normalized spacial score (nSPS) is 15.1. The third kappa shape index (κ3) is 7.11. The Balaban J connectivity index is 1.66. The lowest BCUT2D eigenvalue weighted by Crippen LogP contribution is -2.63. The van der Waals surface area contributed by atoms with E-state index in [-0.39, 0.29) is 18.5 Å². The maximum Gasteiger partial charge on any atom is 0.305 e. The number of piperazine rings is 1. The molecule has 9 nitrogen and oxygen atoms in total. The predicted octanol–water partition coefficient (Wildman–Crippen LogP) is 2.27. The van der Waals surface area contributed by atoms with Crippen molar-refractivity contribution in [2.75, 3.05) is 26.2 Å². The van der Waals surface area contributed by atoms with E-state index in [0.29, 0.717) is 19.6 Å². The lowest BCUT2D eigenvalue weighted by atomic mass is 9.98. The summed E-state index contributed by atoms with van der Waals surface area (Å²) in [5.74, 6) is -12.4. The van der Waals surface area contributed by atoms with E-state index in [1.54, 1.807) is 9.80 Å². The van der Waals surface area contributed by atoms with Crippen LogP contribution in [-0.2, 0) is 25.7 Å². The van der Waals surface area contributed by atoms with Crippen LogP contribution in [0, 0.1) is 23.3 Å². The maximum absolute atomic E-state index is 13.8. The molecule has 0 spiro atoms. The van der Waals surface area contributed by atoms with Crippen LogP contribution in [0.25, 0.3) is 0 Å². The average molecular weight is 554 g/mol. The highest BCUT2D eigenvalue weighted by Crippen LogP contribution is 2.26. The van der Waals surface area contributed by atoms with Gasteiger partial charge in [-0.05, 0) is 19.4 Å². The first kappa shape index (κ1) is 29.6. The van der Waals surface area contributed by atoms with E-state index in [2.05, 4.69) is 10.1 Å². The van der Waals surface area contributed by atoms with Gasteiger partial charge in [-0.15, -0.1) is 0 Å². The van der Waals surface area contributed by atoms with Crippen LogP contribution in [-0.4, -0.2) is 76.3 Å². The minimum Gasteiger partial charge on any atom is -0.481 e. The second-order valence-corrected chi connectivity index (χ2v) is 9.46. The van der Waals surface area contributed by atoms with Gasteiger partial charge in [0.05, 0.1) is 18.5 Å². The highest BCUT2D eigenvalue weighted by molar-refractivity contribution is 5.95. The number of ether oxygens (including phenoxy) is 1. The highest BCUT2D eigenvalue weighted by atomic mass is 19.2. The quantitative estimate of drug-likeness (QED) is 0.324. The summed E-state index contributed by atoms with van der Waals surface area (Å²) in [6, 6.07) is 7.59. The van der Waals surface area contributed by atoms with E-state index >= 15 is 0 Å². The Hall–Kier alpha value is -4.00. The molecule has 1 unspecified atom stereocenters. The van der Waals surface area contributed by atoms with Crippen LogP contribution in [0.15, 0.2) is 36.4 Å². The first-order valence-corrected chi connectivity index (χ1v) is 11.9. The van der Waals surface area contributed by atoms with Crippen LogP contribution >= 0.6 is 0 Å². The minimum atomic E-state index is -1.88. The van der Waals surface area contributed by atoms with E-state index in [1.807, 2.05) is 30.3 Å². The Bertz CT molecular complexity index is 1230. The standard InChI is InChI=1S/C26H27F4N3O6/c1-26(2,33-9-8-32(20(35)13-33)12-15-6-4-3-5-7-15)25(38)31-18(11-21(36)37)19(34)14-39-24-22(29)16(27)10-17(28)23(24)30/h3-7,10,18H,8-9,11-14H2,1-2H3,(H,31,38)(H,36,37). The molecule has 13 heteroatoms. The summed E-state index contributed by atoms with van der Waals surface area (Å²) in [6.07, 6.45) is -0.906. The monoisotopic (exact) mass is 553 g/mol. The molecule has 0 bridgehead atoms. The number of carboxylic acids is 1. The van der Waals surface area contributed by atoms with E-state index in [9.17, 15) is 41.8 Å². The molecule has 0 radical (unpaired) electrons. The molecule has 2 aromatic carbocycles. The summed E-state index contributed by atoms with van der Waals surface area (Å²) in [7, 11) is 0. The van der Waals surface area contributed by atoms with Gasteiger partial charge >= 0.3 is 5.97 Å². The number of hydrogen-bond acceptors (Lipinski definition) is 6. The summed E-state index contributed by atoms with van der Waals surface area (Å²) in [6.45, 7) is 2.69. The van der Waals surface area contributed by atoms with E-state index in [0.717, 1.165) is 5.56 Å². The van der Waals surface area contributed by atoms with Crippen molar-refractivity contribution < 1.29 is 46.6 Å². The summed E-state index contributed by atoms with van der Waals surface area (Å²) < 4.78 is 59.1. The molecule has 210 valence electrons. The van der Waals surface area contributed by atoms with Gasteiger partial charge < -0.3 is 20.1 Å². The van der Waals surface area contributed by atoms with E-state index in [1.165, 1.54) is 13.8 Å². The number of aliphatic carboxylic acids is 1. The Morgan fingerprint density at radius 3 is 2.23 bits per heavy atom.